The lowest BCUT2D eigenvalue weighted by atomic mass is 10.2. The van der Waals surface area contributed by atoms with Crippen molar-refractivity contribution >= 4 is 23.6 Å². The number of rotatable bonds is 4. The number of ether oxygens (including phenoxy) is 3. The maximum Gasteiger partial charge on any atom is 0.336 e. The predicted octanol–water partition coefficient (Wildman–Crippen LogP) is 2.64. The van der Waals surface area contributed by atoms with Crippen LogP contribution in [0.5, 0.6) is 17.2 Å². The van der Waals surface area contributed by atoms with Crippen LogP contribution in [0.4, 0.5) is 5.69 Å². The summed E-state index contributed by atoms with van der Waals surface area (Å²) >= 11 is 0. The van der Waals surface area contributed by atoms with E-state index in [0.717, 1.165) is 5.56 Å². The zero-order valence-corrected chi connectivity index (χ0v) is 12.9. The van der Waals surface area contributed by atoms with Crippen LogP contribution in [0.1, 0.15) is 5.56 Å². The van der Waals surface area contributed by atoms with E-state index < -0.39 is 5.97 Å². The van der Waals surface area contributed by atoms with Crippen molar-refractivity contribution in [2.45, 2.75) is 0 Å². The van der Waals surface area contributed by atoms with Crippen LogP contribution in [-0.4, -0.2) is 25.6 Å². The third-order valence-corrected chi connectivity index (χ3v) is 3.31. The molecule has 6 nitrogen and oxygen atoms in total. The van der Waals surface area contributed by atoms with Gasteiger partial charge in [-0.15, -0.1) is 0 Å². The molecule has 0 aliphatic carbocycles. The molecule has 0 saturated carbocycles. The molecule has 2 aromatic carbocycles. The van der Waals surface area contributed by atoms with E-state index in [0.29, 0.717) is 22.9 Å². The Morgan fingerprint density at radius 3 is 2.92 bits per heavy atom. The second-order valence-electron chi connectivity index (χ2n) is 5.03. The maximum absolute atomic E-state index is 11.9. The number of fused-ring (bicyclic) bond motifs is 1. The topological polar surface area (TPSA) is 73.9 Å². The Kier molecular flexibility index (Phi) is 4.47. The molecule has 0 unspecified atom stereocenters. The molecule has 1 N–H and O–H groups in total. The molecule has 0 spiro atoms. The summed E-state index contributed by atoms with van der Waals surface area (Å²) in [5.74, 6) is 0.785. The Morgan fingerprint density at radius 2 is 2.08 bits per heavy atom. The number of benzene rings is 2. The van der Waals surface area contributed by atoms with Crippen LogP contribution in [0.2, 0.25) is 0 Å². The zero-order chi connectivity index (χ0) is 16.9. The average molecular weight is 325 g/mol. The maximum atomic E-state index is 11.9. The third-order valence-electron chi connectivity index (χ3n) is 3.31. The van der Waals surface area contributed by atoms with Gasteiger partial charge >= 0.3 is 5.97 Å². The molecule has 0 radical (unpaired) electrons. The first-order chi connectivity index (χ1) is 11.6. The van der Waals surface area contributed by atoms with Crippen LogP contribution >= 0.6 is 0 Å². The van der Waals surface area contributed by atoms with E-state index in [4.69, 9.17) is 14.2 Å². The normalized spacial score (nSPS) is 13.0. The van der Waals surface area contributed by atoms with Gasteiger partial charge in [0.25, 0.3) is 5.91 Å². The van der Waals surface area contributed by atoms with E-state index in [1.165, 1.54) is 6.08 Å². The van der Waals surface area contributed by atoms with Gasteiger partial charge in [0.05, 0.1) is 12.8 Å². The van der Waals surface area contributed by atoms with Gasteiger partial charge in [-0.2, -0.15) is 0 Å². The molecular weight excluding hydrogens is 310 g/mol. The zero-order valence-electron chi connectivity index (χ0n) is 12.9. The van der Waals surface area contributed by atoms with Crippen molar-refractivity contribution in [1.29, 1.82) is 0 Å². The highest BCUT2D eigenvalue weighted by Gasteiger charge is 2.16. The Labute approximate surface area is 138 Å². The Balaban J connectivity index is 1.66. The fraction of sp³-hybridized carbons (Fsp3) is 0.111. The summed E-state index contributed by atoms with van der Waals surface area (Å²) in [6.07, 6.45) is 2.97. The van der Waals surface area contributed by atoms with Gasteiger partial charge in [-0.1, -0.05) is 12.1 Å². The minimum atomic E-state index is -0.516. The van der Waals surface area contributed by atoms with E-state index in [1.54, 1.807) is 37.5 Å². The lowest BCUT2D eigenvalue weighted by molar-refractivity contribution is -0.129. The molecule has 0 aromatic heterocycles. The smallest absolute Gasteiger partial charge is 0.336 e. The van der Waals surface area contributed by atoms with Crippen LogP contribution in [0.25, 0.3) is 6.08 Å². The lowest BCUT2D eigenvalue weighted by Gasteiger charge is -2.18. The molecule has 6 heteroatoms. The van der Waals surface area contributed by atoms with Gasteiger partial charge in [-0.25, -0.2) is 4.79 Å². The molecule has 0 saturated heterocycles. The number of hydrogen-bond acceptors (Lipinski definition) is 5. The molecule has 122 valence electrons. The summed E-state index contributed by atoms with van der Waals surface area (Å²) < 4.78 is 15.6. The van der Waals surface area contributed by atoms with Crippen molar-refractivity contribution in [3.8, 4) is 17.2 Å². The van der Waals surface area contributed by atoms with E-state index in [9.17, 15) is 9.59 Å². The van der Waals surface area contributed by atoms with E-state index in [2.05, 4.69) is 5.32 Å². The molecule has 1 heterocycles. The summed E-state index contributed by atoms with van der Waals surface area (Å²) in [4.78, 5) is 23.1. The molecule has 0 bridgehead atoms. The standard InChI is InChI=1S/C18H15NO5/c1-22-13-4-2-3-12(9-13)5-8-18(21)24-14-6-7-15-16(10-14)23-11-17(20)19-15/h2-10H,11H2,1H3,(H,19,20)/b8-5+. The SMILES string of the molecule is COc1cccc(/C=C/C(=O)Oc2ccc3c(c2)OCC(=O)N3)c1. The summed E-state index contributed by atoms with van der Waals surface area (Å²) in [7, 11) is 1.58. The second kappa shape index (κ2) is 6.87. The van der Waals surface area contributed by atoms with Gasteiger partial charge in [0.1, 0.15) is 17.2 Å². The first-order valence-electron chi connectivity index (χ1n) is 7.25. The fourth-order valence-corrected chi connectivity index (χ4v) is 2.18. The molecule has 1 amide bonds. The molecule has 0 fully saturated rings. The molecule has 0 atom stereocenters. The largest absolute Gasteiger partial charge is 0.497 e. The number of anilines is 1. The highest BCUT2D eigenvalue weighted by Crippen LogP contribution is 2.31. The first kappa shape index (κ1) is 15.6. The minimum Gasteiger partial charge on any atom is -0.497 e. The number of esters is 1. The van der Waals surface area contributed by atoms with Gasteiger partial charge in [-0.05, 0) is 35.9 Å². The van der Waals surface area contributed by atoms with Gasteiger partial charge in [0, 0.05) is 12.1 Å². The van der Waals surface area contributed by atoms with Crippen LogP contribution in [0.3, 0.4) is 0 Å². The Morgan fingerprint density at radius 1 is 1.21 bits per heavy atom. The van der Waals surface area contributed by atoms with E-state index in [1.807, 2.05) is 18.2 Å². The van der Waals surface area contributed by atoms with Gasteiger partial charge in [0.2, 0.25) is 0 Å². The molecular formula is C18H15NO5. The summed E-state index contributed by atoms with van der Waals surface area (Å²) in [6, 6.07) is 12.1. The molecule has 2 aromatic rings. The van der Waals surface area contributed by atoms with Crippen molar-refractivity contribution in [2.75, 3.05) is 19.0 Å². The third kappa shape index (κ3) is 3.73. The van der Waals surface area contributed by atoms with Crippen molar-refractivity contribution in [3.05, 3.63) is 54.1 Å². The Hall–Kier alpha value is -3.28. The monoisotopic (exact) mass is 325 g/mol. The van der Waals surface area contributed by atoms with Crippen LogP contribution < -0.4 is 19.5 Å². The quantitative estimate of drug-likeness (QED) is 0.531. The second-order valence-corrected chi connectivity index (χ2v) is 5.03. The number of carbonyl (C=O) groups excluding carboxylic acids is 2. The average Bonchev–Trinajstić information content (AvgIpc) is 2.60. The van der Waals surface area contributed by atoms with Gasteiger partial charge in [-0.3, -0.25) is 4.79 Å². The predicted molar refractivity (Wildman–Crippen MR) is 88.2 cm³/mol. The fourth-order valence-electron chi connectivity index (χ4n) is 2.18. The van der Waals surface area contributed by atoms with E-state index >= 15 is 0 Å². The van der Waals surface area contributed by atoms with Crippen molar-refractivity contribution < 1.29 is 23.8 Å². The summed E-state index contributed by atoms with van der Waals surface area (Å²) in [5.41, 5.74) is 1.38. The van der Waals surface area contributed by atoms with Crippen LogP contribution in [-0.2, 0) is 9.59 Å². The summed E-state index contributed by atoms with van der Waals surface area (Å²) in [6.45, 7) is -0.0554. The molecule has 1 aliphatic rings. The van der Waals surface area contributed by atoms with E-state index in [-0.39, 0.29) is 12.5 Å². The number of hydrogen-bond donors (Lipinski definition) is 1. The number of carbonyl (C=O) groups is 2. The van der Waals surface area contributed by atoms with Crippen LogP contribution in [0.15, 0.2) is 48.5 Å². The van der Waals surface area contributed by atoms with Crippen molar-refractivity contribution in [1.82, 2.24) is 0 Å². The highest BCUT2D eigenvalue weighted by atomic mass is 16.5. The Bertz CT molecular complexity index is 813. The lowest BCUT2D eigenvalue weighted by Crippen LogP contribution is -2.25. The van der Waals surface area contributed by atoms with Gasteiger partial charge in [0.15, 0.2) is 6.61 Å². The minimum absolute atomic E-state index is 0.0554. The van der Waals surface area contributed by atoms with Crippen LogP contribution in [0, 0.1) is 0 Å². The number of methoxy groups -OCH3 is 1. The number of nitrogens with one attached hydrogen (secondary N) is 1. The summed E-state index contributed by atoms with van der Waals surface area (Å²) in [5, 5.41) is 2.67. The number of amides is 1. The molecule has 1 aliphatic heterocycles. The highest BCUT2D eigenvalue weighted by molar-refractivity contribution is 5.95. The molecule has 3 rings (SSSR count). The molecule has 24 heavy (non-hydrogen) atoms. The van der Waals surface area contributed by atoms with Crippen molar-refractivity contribution in [3.63, 3.8) is 0 Å². The van der Waals surface area contributed by atoms with Crippen molar-refractivity contribution in [2.24, 2.45) is 0 Å². The van der Waals surface area contributed by atoms with Gasteiger partial charge < -0.3 is 19.5 Å². The first-order valence-corrected chi connectivity index (χ1v) is 7.25.